The fourth-order valence-corrected chi connectivity index (χ4v) is 5.67. The van der Waals surface area contributed by atoms with E-state index in [4.69, 9.17) is 0 Å². The Morgan fingerprint density at radius 2 is 0.944 bits per heavy atom. The predicted molar refractivity (Wildman–Crippen MR) is 67.8 cm³/mol. The molecule has 2 fully saturated rings. The van der Waals surface area contributed by atoms with Crippen LogP contribution in [-0.4, -0.2) is 45.6 Å². The average molecular weight is 294 g/mol. The van der Waals surface area contributed by atoms with Gasteiger partial charge < -0.3 is 0 Å². The van der Waals surface area contributed by atoms with Crippen LogP contribution in [0, 0.1) is 11.8 Å². The molecule has 0 aromatic rings. The summed E-state index contributed by atoms with van der Waals surface area (Å²) in [5.41, 5.74) is 0. The fraction of sp³-hybridized carbons (Fsp3) is 0.909. The van der Waals surface area contributed by atoms with E-state index < -0.39 is 19.7 Å². The highest BCUT2D eigenvalue weighted by molar-refractivity contribution is 7.91. The van der Waals surface area contributed by atoms with Crippen LogP contribution < -0.4 is 0 Å². The molecule has 0 aliphatic carbocycles. The average Bonchev–Trinajstić information content (AvgIpc) is 2.28. The standard InChI is InChI=1S/C11H18O5S2/c12-11(9-1-5-17(13,14)6-2-9)10-3-7-18(15,16)8-4-10/h9-10H,1-8H2. The monoisotopic (exact) mass is 294 g/mol. The summed E-state index contributed by atoms with van der Waals surface area (Å²) in [6.45, 7) is 0. The van der Waals surface area contributed by atoms with Crippen LogP contribution in [0.1, 0.15) is 25.7 Å². The summed E-state index contributed by atoms with van der Waals surface area (Å²) in [4.78, 5) is 12.2. The van der Waals surface area contributed by atoms with Gasteiger partial charge in [0, 0.05) is 11.8 Å². The first-order chi connectivity index (χ1) is 8.29. The molecule has 2 heterocycles. The van der Waals surface area contributed by atoms with Crippen LogP contribution in [0.15, 0.2) is 0 Å². The maximum Gasteiger partial charge on any atom is 0.150 e. The van der Waals surface area contributed by atoms with E-state index in [1.165, 1.54) is 0 Å². The van der Waals surface area contributed by atoms with E-state index in [0.717, 1.165) is 0 Å². The zero-order valence-electron chi connectivity index (χ0n) is 10.2. The largest absolute Gasteiger partial charge is 0.299 e. The molecule has 18 heavy (non-hydrogen) atoms. The first-order valence-electron chi connectivity index (χ1n) is 6.24. The lowest BCUT2D eigenvalue weighted by atomic mass is 9.85. The molecular weight excluding hydrogens is 276 g/mol. The maximum atomic E-state index is 12.2. The van der Waals surface area contributed by atoms with Gasteiger partial charge in [0.05, 0.1) is 23.0 Å². The minimum absolute atomic E-state index is 0.0831. The minimum atomic E-state index is -2.95. The quantitative estimate of drug-likeness (QED) is 0.726. The van der Waals surface area contributed by atoms with Gasteiger partial charge in [0.2, 0.25) is 0 Å². The second-order valence-electron chi connectivity index (χ2n) is 5.25. The van der Waals surface area contributed by atoms with Gasteiger partial charge in [0.1, 0.15) is 25.5 Å². The predicted octanol–water partition coefficient (Wildman–Crippen LogP) is 0.205. The van der Waals surface area contributed by atoms with Crippen LogP contribution in [0.25, 0.3) is 0 Å². The maximum absolute atomic E-state index is 12.2. The van der Waals surface area contributed by atoms with Gasteiger partial charge in [0.15, 0.2) is 0 Å². The summed E-state index contributed by atoms with van der Waals surface area (Å²) >= 11 is 0. The Labute approximate surface area is 108 Å². The van der Waals surface area contributed by atoms with E-state index >= 15 is 0 Å². The van der Waals surface area contributed by atoms with Gasteiger partial charge in [-0.05, 0) is 25.7 Å². The van der Waals surface area contributed by atoms with Gasteiger partial charge in [-0.25, -0.2) is 16.8 Å². The summed E-state index contributed by atoms with van der Waals surface area (Å²) in [5.74, 6) is 0.0876. The van der Waals surface area contributed by atoms with E-state index in [-0.39, 0.29) is 40.6 Å². The van der Waals surface area contributed by atoms with E-state index in [0.29, 0.717) is 25.7 Å². The molecule has 7 heteroatoms. The van der Waals surface area contributed by atoms with Crippen molar-refractivity contribution in [2.75, 3.05) is 23.0 Å². The second-order valence-corrected chi connectivity index (χ2v) is 9.86. The normalized spacial score (nSPS) is 28.9. The second kappa shape index (κ2) is 4.92. The molecule has 0 aromatic carbocycles. The van der Waals surface area contributed by atoms with Crippen LogP contribution in [0.5, 0.6) is 0 Å². The smallest absolute Gasteiger partial charge is 0.150 e. The molecular formula is C11H18O5S2. The molecule has 0 atom stereocenters. The number of sulfone groups is 2. The highest BCUT2D eigenvalue weighted by Crippen LogP contribution is 2.28. The molecule has 2 saturated heterocycles. The number of carbonyl (C=O) groups is 1. The summed E-state index contributed by atoms with van der Waals surface area (Å²) < 4.78 is 45.2. The van der Waals surface area contributed by atoms with Crippen molar-refractivity contribution >= 4 is 25.5 Å². The fourth-order valence-electron chi connectivity index (χ4n) is 2.68. The van der Waals surface area contributed by atoms with Gasteiger partial charge in [-0.15, -0.1) is 0 Å². The Morgan fingerprint density at radius 1 is 0.667 bits per heavy atom. The Morgan fingerprint density at radius 3 is 1.22 bits per heavy atom. The lowest BCUT2D eigenvalue weighted by molar-refractivity contribution is -0.127. The van der Waals surface area contributed by atoms with Gasteiger partial charge in [0.25, 0.3) is 0 Å². The molecule has 104 valence electrons. The van der Waals surface area contributed by atoms with Crippen LogP contribution in [0.2, 0.25) is 0 Å². The summed E-state index contributed by atoms with van der Waals surface area (Å²) in [6, 6.07) is 0. The zero-order valence-corrected chi connectivity index (χ0v) is 11.8. The van der Waals surface area contributed by atoms with Crippen LogP contribution in [0.3, 0.4) is 0 Å². The first kappa shape index (κ1) is 14.0. The topological polar surface area (TPSA) is 85.3 Å². The van der Waals surface area contributed by atoms with Crippen molar-refractivity contribution < 1.29 is 21.6 Å². The Balaban J connectivity index is 1.93. The van der Waals surface area contributed by atoms with Crippen molar-refractivity contribution in [3.8, 4) is 0 Å². The number of ketones is 1. The van der Waals surface area contributed by atoms with Crippen molar-refractivity contribution in [2.45, 2.75) is 25.7 Å². The van der Waals surface area contributed by atoms with Crippen LogP contribution in [-0.2, 0) is 24.5 Å². The SMILES string of the molecule is O=C(C1CCS(=O)(=O)CC1)C1CCS(=O)(=O)CC1. The highest BCUT2D eigenvalue weighted by atomic mass is 32.2. The van der Waals surface area contributed by atoms with Gasteiger partial charge in [-0.2, -0.15) is 0 Å². The van der Waals surface area contributed by atoms with Crippen molar-refractivity contribution in [3.63, 3.8) is 0 Å². The van der Waals surface area contributed by atoms with Crippen LogP contribution in [0.4, 0.5) is 0 Å². The van der Waals surface area contributed by atoms with Gasteiger partial charge in [-0.3, -0.25) is 4.79 Å². The molecule has 0 bridgehead atoms. The van der Waals surface area contributed by atoms with Crippen molar-refractivity contribution in [2.24, 2.45) is 11.8 Å². The first-order valence-corrected chi connectivity index (χ1v) is 9.88. The molecule has 2 aliphatic rings. The Kier molecular flexibility index (Phi) is 3.82. The van der Waals surface area contributed by atoms with E-state index in [9.17, 15) is 21.6 Å². The van der Waals surface area contributed by atoms with E-state index in [2.05, 4.69) is 0 Å². The summed E-state index contributed by atoms with van der Waals surface area (Å²) in [6.07, 6.45) is 1.63. The van der Waals surface area contributed by atoms with E-state index in [1.54, 1.807) is 0 Å². The third-order valence-corrected chi connectivity index (χ3v) is 7.34. The van der Waals surface area contributed by atoms with Gasteiger partial charge >= 0.3 is 0 Å². The number of rotatable bonds is 2. The highest BCUT2D eigenvalue weighted by Gasteiger charge is 2.35. The molecule has 0 saturated carbocycles. The van der Waals surface area contributed by atoms with Gasteiger partial charge in [-0.1, -0.05) is 0 Å². The molecule has 2 rings (SSSR count). The Hall–Kier alpha value is -0.430. The van der Waals surface area contributed by atoms with E-state index in [1.807, 2.05) is 0 Å². The molecule has 5 nitrogen and oxygen atoms in total. The zero-order chi connectivity index (χ0) is 13.4. The molecule has 0 aromatic heterocycles. The lowest BCUT2D eigenvalue weighted by Gasteiger charge is -2.27. The van der Waals surface area contributed by atoms with Crippen molar-refractivity contribution in [3.05, 3.63) is 0 Å². The molecule has 0 amide bonds. The Bertz CT molecular complexity index is 456. The van der Waals surface area contributed by atoms with Crippen molar-refractivity contribution in [1.82, 2.24) is 0 Å². The van der Waals surface area contributed by atoms with Crippen LogP contribution >= 0.6 is 0 Å². The minimum Gasteiger partial charge on any atom is -0.299 e. The number of Topliss-reactive ketones (excluding diaryl/α,β-unsaturated/α-hetero) is 1. The number of hydrogen-bond donors (Lipinski definition) is 0. The molecule has 2 aliphatic heterocycles. The molecule has 0 N–H and O–H groups in total. The molecule has 0 radical (unpaired) electrons. The molecule has 0 unspecified atom stereocenters. The summed E-state index contributed by atoms with van der Waals surface area (Å²) in [5, 5.41) is 0. The van der Waals surface area contributed by atoms with Crippen molar-refractivity contribution in [1.29, 1.82) is 0 Å². The number of carbonyl (C=O) groups excluding carboxylic acids is 1. The third-order valence-electron chi connectivity index (χ3n) is 3.91. The summed E-state index contributed by atoms with van der Waals surface area (Å²) in [7, 11) is -5.89. The lowest BCUT2D eigenvalue weighted by Crippen LogP contribution is -2.35. The molecule has 0 spiro atoms. The third kappa shape index (κ3) is 3.32. The number of hydrogen-bond acceptors (Lipinski definition) is 5.